The van der Waals surface area contributed by atoms with Crippen LogP contribution in [-0.2, 0) is 6.54 Å². The molecule has 37 heavy (non-hydrogen) atoms. The first kappa shape index (κ1) is 22.9. The maximum atomic E-state index is 2.44. The molecule has 0 fully saturated rings. The van der Waals surface area contributed by atoms with Crippen LogP contribution < -0.4 is 0 Å². The van der Waals surface area contributed by atoms with E-state index in [1.165, 1.54) is 44.8 Å². The van der Waals surface area contributed by atoms with Crippen molar-refractivity contribution < 1.29 is 0 Å². The second-order valence-electron chi connectivity index (χ2n) is 9.60. The highest BCUT2D eigenvalue weighted by Gasteiger charge is 2.17. The standard InChI is InChI=1S/C35H30N2/c1-27(37-26-33(29-16-8-3-9-17-29)23-35(37)31-20-12-5-13-21-31)24-36-25-32(28-14-6-2-7-15-28)22-34(36)30-18-10-4-11-19-30/h2-23,25-27H,24H2,1H3. The number of aromatic nitrogens is 2. The maximum absolute atomic E-state index is 2.44. The second kappa shape index (κ2) is 10.2. The minimum absolute atomic E-state index is 0.242. The van der Waals surface area contributed by atoms with Crippen LogP contribution in [-0.4, -0.2) is 9.13 Å². The van der Waals surface area contributed by atoms with Gasteiger partial charge in [-0.05, 0) is 52.4 Å². The molecule has 0 aliphatic rings. The van der Waals surface area contributed by atoms with Gasteiger partial charge in [-0.25, -0.2) is 0 Å². The van der Waals surface area contributed by atoms with Gasteiger partial charge in [0.1, 0.15) is 0 Å². The molecular weight excluding hydrogens is 448 g/mol. The van der Waals surface area contributed by atoms with Gasteiger partial charge in [-0.2, -0.15) is 0 Å². The molecule has 4 aromatic carbocycles. The Hall–Kier alpha value is -4.56. The zero-order chi connectivity index (χ0) is 25.0. The smallest absolute Gasteiger partial charge is 0.0489 e. The SMILES string of the molecule is CC(Cn1cc(-c2ccccc2)cc1-c1ccccc1)n1cc(-c2ccccc2)cc1-c1ccccc1. The van der Waals surface area contributed by atoms with Gasteiger partial charge in [-0.15, -0.1) is 0 Å². The zero-order valence-corrected chi connectivity index (χ0v) is 21.0. The van der Waals surface area contributed by atoms with E-state index in [4.69, 9.17) is 0 Å². The molecule has 2 nitrogen and oxygen atoms in total. The molecule has 2 heterocycles. The molecule has 1 atom stereocenters. The summed E-state index contributed by atoms with van der Waals surface area (Å²) in [6, 6.07) is 47.6. The molecule has 0 bridgehead atoms. The summed E-state index contributed by atoms with van der Waals surface area (Å²) >= 11 is 0. The normalized spacial score (nSPS) is 11.9. The Balaban J connectivity index is 1.42. The van der Waals surface area contributed by atoms with Crippen LogP contribution in [0.2, 0.25) is 0 Å². The highest BCUT2D eigenvalue weighted by Crippen LogP contribution is 2.34. The summed E-state index contributed by atoms with van der Waals surface area (Å²) in [6.45, 7) is 3.18. The Bertz CT molecular complexity index is 1580. The monoisotopic (exact) mass is 478 g/mol. The van der Waals surface area contributed by atoms with E-state index in [-0.39, 0.29) is 6.04 Å². The quantitative estimate of drug-likeness (QED) is 0.216. The fraction of sp³-hybridized carbons (Fsp3) is 0.0857. The van der Waals surface area contributed by atoms with Crippen molar-refractivity contribution in [3.05, 3.63) is 146 Å². The summed E-state index contributed by atoms with van der Waals surface area (Å²) < 4.78 is 4.86. The van der Waals surface area contributed by atoms with Gasteiger partial charge in [0.2, 0.25) is 0 Å². The van der Waals surface area contributed by atoms with Crippen molar-refractivity contribution in [2.24, 2.45) is 0 Å². The van der Waals surface area contributed by atoms with E-state index in [9.17, 15) is 0 Å². The van der Waals surface area contributed by atoms with Crippen LogP contribution in [0.5, 0.6) is 0 Å². The van der Waals surface area contributed by atoms with Gasteiger partial charge >= 0.3 is 0 Å². The van der Waals surface area contributed by atoms with Gasteiger partial charge in [0.05, 0.1) is 0 Å². The lowest BCUT2D eigenvalue weighted by Gasteiger charge is -2.20. The van der Waals surface area contributed by atoms with Crippen LogP contribution in [0, 0.1) is 0 Å². The van der Waals surface area contributed by atoms with E-state index in [0.29, 0.717) is 0 Å². The molecule has 180 valence electrons. The molecule has 6 rings (SSSR count). The van der Waals surface area contributed by atoms with Crippen LogP contribution in [0.1, 0.15) is 13.0 Å². The van der Waals surface area contributed by atoms with Crippen molar-refractivity contribution in [2.45, 2.75) is 19.5 Å². The Morgan fingerprint density at radius 3 is 1.38 bits per heavy atom. The average molecular weight is 479 g/mol. The van der Waals surface area contributed by atoms with Crippen molar-refractivity contribution in [1.29, 1.82) is 0 Å². The maximum Gasteiger partial charge on any atom is 0.0489 e. The molecule has 2 aromatic heterocycles. The van der Waals surface area contributed by atoms with Gasteiger partial charge in [-0.1, -0.05) is 121 Å². The Labute approximate surface area is 219 Å². The number of nitrogens with zero attached hydrogens (tertiary/aromatic N) is 2. The third-order valence-electron chi connectivity index (χ3n) is 7.03. The van der Waals surface area contributed by atoms with Crippen molar-refractivity contribution in [3.8, 4) is 44.8 Å². The fourth-order valence-corrected chi connectivity index (χ4v) is 5.15. The number of hydrogen-bond acceptors (Lipinski definition) is 0. The Morgan fingerprint density at radius 2 is 0.865 bits per heavy atom. The molecule has 0 N–H and O–H groups in total. The molecule has 0 amide bonds. The third kappa shape index (κ3) is 4.79. The van der Waals surface area contributed by atoms with Crippen LogP contribution in [0.15, 0.2) is 146 Å². The topological polar surface area (TPSA) is 9.86 Å². The predicted octanol–water partition coefficient (Wildman–Crippen LogP) is 9.22. The third-order valence-corrected chi connectivity index (χ3v) is 7.03. The summed E-state index contributed by atoms with van der Waals surface area (Å²) in [5.41, 5.74) is 9.91. The summed E-state index contributed by atoms with van der Waals surface area (Å²) in [5.74, 6) is 0. The van der Waals surface area contributed by atoms with E-state index in [0.717, 1.165) is 6.54 Å². The molecule has 0 spiro atoms. The summed E-state index contributed by atoms with van der Waals surface area (Å²) in [7, 11) is 0. The first-order valence-corrected chi connectivity index (χ1v) is 12.9. The van der Waals surface area contributed by atoms with Crippen molar-refractivity contribution >= 4 is 0 Å². The van der Waals surface area contributed by atoms with Gasteiger partial charge in [-0.3, -0.25) is 0 Å². The van der Waals surface area contributed by atoms with Crippen molar-refractivity contribution in [3.63, 3.8) is 0 Å². The van der Waals surface area contributed by atoms with E-state index in [2.05, 4.69) is 162 Å². The first-order chi connectivity index (χ1) is 18.3. The molecule has 6 aromatic rings. The number of benzene rings is 4. The molecular formula is C35H30N2. The molecule has 0 aliphatic carbocycles. The average Bonchev–Trinajstić information content (AvgIpc) is 3.60. The van der Waals surface area contributed by atoms with Gasteiger partial charge in [0, 0.05) is 36.4 Å². The lowest BCUT2D eigenvalue weighted by atomic mass is 10.1. The molecule has 0 radical (unpaired) electrons. The predicted molar refractivity (Wildman–Crippen MR) is 155 cm³/mol. The van der Waals surface area contributed by atoms with Gasteiger partial charge in [0.25, 0.3) is 0 Å². The largest absolute Gasteiger partial charge is 0.345 e. The van der Waals surface area contributed by atoms with Gasteiger partial charge < -0.3 is 9.13 Å². The first-order valence-electron chi connectivity index (χ1n) is 12.9. The van der Waals surface area contributed by atoms with E-state index < -0.39 is 0 Å². The van der Waals surface area contributed by atoms with E-state index in [1.807, 2.05) is 0 Å². The number of hydrogen-bond donors (Lipinski definition) is 0. The van der Waals surface area contributed by atoms with Crippen molar-refractivity contribution in [2.75, 3.05) is 0 Å². The Morgan fingerprint density at radius 1 is 0.459 bits per heavy atom. The van der Waals surface area contributed by atoms with Crippen LogP contribution in [0.4, 0.5) is 0 Å². The molecule has 2 heteroatoms. The lowest BCUT2D eigenvalue weighted by Crippen LogP contribution is -2.13. The summed E-state index contributed by atoms with van der Waals surface area (Å²) in [5, 5.41) is 0. The zero-order valence-electron chi connectivity index (χ0n) is 21.0. The van der Waals surface area contributed by atoms with E-state index >= 15 is 0 Å². The van der Waals surface area contributed by atoms with Gasteiger partial charge in [0.15, 0.2) is 0 Å². The fourth-order valence-electron chi connectivity index (χ4n) is 5.15. The highest BCUT2D eigenvalue weighted by atomic mass is 15.1. The summed E-state index contributed by atoms with van der Waals surface area (Å²) in [6.07, 6.45) is 4.62. The Kier molecular flexibility index (Phi) is 6.31. The minimum Gasteiger partial charge on any atom is -0.345 e. The van der Waals surface area contributed by atoms with Crippen LogP contribution in [0.25, 0.3) is 44.8 Å². The van der Waals surface area contributed by atoms with Crippen molar-refractivity contribution in [1.82, 2.24) is 9.13 Å². The molecule has 0 saturated heterocycles. The summed E-state index contributed by atoms with van der Waals surface area (Å²) in [4.78, 5) is 0. The highest BCUT2D eigenvalue weighted by molar-refractivity contribution is 5.73. The second-order valence-corrected chi connectivity index (χ2v) is 9.60. The minimum atomic E-state index is 0.242. The molecule has 0 aliphatic heterocycles. The van der Waals surface area contributed by atoms with Crippen LogP contribution >= 0.6 is 0 Å². The van der Waals surface area contributed by atoms with E-state index in [1.54, 1.807) is 0 Å². The number of rotatable bonds is 7. The molecule has 0 saturated carbocycles. The lowest BCUT2D eigenvalue weighted by molar-refractivity contribution is 0.473. The van der Waals surface area contributed by atoms with Crippen LogP contribution in [0.3, 0.4) is 0 Å². The molecule has 1 unspecified atom stereocenters.